The van der Waals surface area contributed by atoms with E-state index in [4.69, 9.17) is 10.2 Å². The van der Waals surface area contributed by atoms with Crippen LogP contribution in [0, 0.1) is 6.92 Å². The SMILES string of the molecule is Cc1oc(CS(C)=O)cc1CN. The Labute approximate surface area is 74.4 Å². The van der Waals surface area contributed by atoms with Crippen molar-refractivity contribution in [3.8, 4) is 0 Å². The van der Waals surface area contributed by atoms with Gasteiger partial charge in [-0.25, -0.2) is 0 Å². The molecular formula is C8H13NO2S. The van der Waals surface area contributed by atoms with E-state index >= 15 is 0 Å². The summed E-state index contributed by atoms with van der Waals surface area (Å²) in [6, 6.07) is 1.87. The molecule has 68 valence electrons. The summed E-state index contributed by atoms with van der Waals surface area (Å²) in [4.78, 5) is 0. The molecule has 0 spiro atoms. The van der Waals surface area contributed by atoms with E-state index in [0.717, 1.165) is 17.1 Å². The lowest BCUT2D eigenvalue weighted by molar-refractivity contribution is 0.496. The molecule has 1 heterocycles. The summed E-state index contributed by atoms with van der Waals surface area (Å²) < 4.78 is 16.2. The van der Waals surface area contributed by atoms with Crippen molar-refractivity contribution >= 4 is 10.8 Å². The number of furan rings is 1. The lowest BCUT2D eigenvalue weighted by atomic mass is 10.2. The zero-order valence-corrected chi connectivity index (χ0v) is 8.11. The third-order valence-corrected chi connectivity index (χ3v) is 2.33. The van der Waals surface area contributed by atoms with Crippen LogP contribution in [0.4, 0.5) is 0 Å². The molecule has 1 unspecified atom stereocenters. The standard InChI is InChI=1S/C8H13NO2S/c1-6-7(4-9)3-8(11-6)5-12(2)10/h3H,4-5,9H2,1-2H3. The van der Waals surface area contributed by atoms with E-state index < -0.39 is 10.8 Å². The molecule has 1 atom stereocenters. The highest BCUT2D eigenvalue weighted by Crippen LogP contribution is 2.14. The van der Waals surface area contributed by atoms with Crippen molar-refractivity contribution in [1.82, 2.24) is 0 Å². The molecule has 1 aromatic heterocycles. The molecule has 0 radical (unpaired) electrons. The molecule has 0 aromatic carbocycles. The largest absolute Gasteiger partial charge is 0.465 e. The van der Waals surface area contributed by atoms with Crippen LogP contribution in [0.2, 0.25) is 0 Å². The number of hydrogen-bond donors (Lipinski definition) is 1. The normalized spacial score (nSPS) is 13.2. The molecule has 4 heteroatoms. The first-order chi connectivity index (χ1) is 5.63. The Hall–Kier alpha value is -0.610. The second kappa shape index (κ2) is 3.87. The van der Waals surface area contributed by atoms with Crippen LogP contribution in [0.25, 0.3) is 0 Å². The zero-order valence-electron chi connectivity index (χ0n) is 7.29. The molecule has 3 nitrogen and oxygen atoms in total. The van der Waals surface area contributed by atoms with Gasteiger partial charge in [0.1, 0.15) is 11.5 Å². The highest BCUT2D eigenvalue weighted by atomic mass is 32.2. The number of aryl methyl sites for hydroxylation is 1. The first-order valence-corrected chi connectivity index (χ1v) is 5.44. The van der Waals surface area contributed by atoms with Crippen molar-refractivity contribution in [2.24, 2.45) is 5.73 Å². The van der Waals surface area contributed by atoms with E-state index in [9.17, 15) is 4.21 Å². The van der Waals surface area contributed by atoms with Crippen molar-refractivity contribution < 1.29 is 8.63 Å². The zero-order chi connectivity index (χ0) is 9.14. The van der Waals surface area contributed by atoms with Gasteiger partial charge in [0, 0.05) is 29.2 Å². The maximum atomic E-state index is 10.8. The summed E-state index contributed by atoms with van der Waals surface area (Å²) in [5, 5.41) is 0. The molecule has 0 amide bonds. The minimum Gasteiger partial charge on any atom is -0.465 e. The molecule has 1 aromatic rings. The highest BCUT2D eigenvalue weighted by molar-refractivity contribution is 7.83. The van der Waals surface area contributed by atoms with Crippen molar-refractivity contribution in [2.75, 3.05) is 6.26 Å². The minimum atomic E-state index is -0.848. The fourth-order valence-corrected chi connectivity index (χ4v) is 1.60. The molecule has 0 fully saturated rings. The van der Waals surface area contributed by atoms with Crippen molar-refractivity contribution in [2.45, 2.75) is 19.2 Å². The molecule has 0 aliphatic heterocycles. The van der Waals surface area contributed by atoms with Gasteiger partial charge in [-0.1, -0.05) is 0 Å². The van der Waals surface area contributed by atoms with Crippen molar-refractivity contribution in [3.05, 3.63) is 23.2 Å². The summed E-state index contributed by atoms with van der Waals surface area (Å²) in [6.07, 6.45) is 1.65. The molecule has 1 rings (SSSR count). The predicted molar refractivity (Wildman–Crippen MR) is 49.1 cm³/mol. The van der Waals surface area contributed by atoms with Gasteiger partial charge in [-0.15, -0.1) is 0 Å². The number of nitrogens with two attached hydrogens (primary N) is 1. The van der Waals surface area contributed by atoms with Gasteiger partial charge in [-0.2, -0.15) is 0 Å². The van der Waals surface area contributed by atoms with Gasteiger partial charge in [0.15, 0.2) is 0 Å². The van der Waals surface area contributed by atoms with Gasteiger partial charge >= 0.3 is 0 Å². The van der Waals surface area contributed by atoms with Crippen LogP contribution < -0.4 is 5.73 Å². The Morgan fingerprint density at radius 3 is 2.75 bits per heavy atom. The average Bonchev–Trinajstić information content (AvgIpc) is 2.29. The Morgan fingerprint density at radius 2 is 2.33 bits per heavy atom. The van der Waals surface area contributed by atoms with Crippen LogP contribution in [0.3, 0.4) is 0 Å². The highest BCUT2D eigenvalue weighted by Gasteiger charge is 2.06. The summed E-state index contributed by atoms with van der Waals surface area (Å²) in [5.74, 6) is 2.06. The molecule has 0 aliphatic carbocycles. The van der Waals surface area contributed by atoms with Gasteiger partial charge in [0.05, 0.1) is 5.75 Å². The van der Waals surface area contributed by atoms with E-state index in [-0.39, 0.29) is 0 Å². The van der Waals surface area contributed by atoms with E-state index in [1.165, 1.54) is 0 Å². The van der Waals surface area contributed by atoms with E-state index in [1.54, 1.807) is 6.26 Å². The summed E-state index contributed by atoms with van der Waals surface area (Å²) in [5.41, 5.74) is 6.45. The fraction of sp³-hybridized carbons (Fsp3) is 0.500. The molecule has 0 saturated heterocycles. The molecule has 2 N–H and O–H groups in total. The number of rotatable bonds is 3. The second-order valence-electron chi connectivity index (χ2n) is 2.72. The van der Waals surface area contributed by atoms with Crippen LogP contribution in [0.15, 0.2) is 10.5 Å². The lowest BCUT2D eigenvalue weighted by Gasteiger charge is -1.89. The lowest BCUT2D eigenvalue weighted by Crippen LogP contribution is -1.95. The van der Waals surface area contributed by atoms with Gasteiger partial charge in [0.2, 0.25) is 0 Å². The third-order valence-electron chi connectivity index (χ3n) is 1.64. The minimum absolute atomic E-state index is 0.473. The second-order valence-corrected chi connectivity index (χ2v) is 4.15. The van der Waals surface area contributed by atoms with Crippen LogP contribution in [0.1, 0.15) is 17.1 Å². The van der Waals surface area contributed by atoms with Crippen molar-refractivity contribution in [1.29, 1.82) is 0 Å². The van der Waals surface area contributed by atoms with Gasteiger partial charge in [-0.3, -0.25) is 4.21 Å². The third kappa shape index (κ3) is 2.19. The topological polar surface area (TPSA) is 56.2 Å². The summed E-state index contributed by atoms with van der Waals surface area (Å²) >= 11 is 0. The quantitative estimate of drug-likeness (QED) is 0.765. The van der Waals surface area contributed by atoms with E-state index in [2.05, 4.69) is 0 Å². The molecular weight excluding hydrogens is 174 g/mol. The fourth-order valence-electron chi connectivity index (χ4n) is 1.06. The Bertz CT molecular complexity index is 293. The van der Waals surface area contributed by atoms with Gasteiger partial charge < -0.3 is 10.2 Å². The predicted octanol–water partition coefficient (Wildman–Crippen LogP) is 0.925. The number of hydrogen-bond acceptors (Lipinski definition) is 3. The molecule has 0 bridgehead atoms. The monoisotopic (exact) mass is 187 g/mol. The summed E-state index contributed by atoms with van der Waals surface area (Å²) in [6.45, 7) is 2.34. The maximum absolute atomic E-state index is 10.8. The van der Waals surface area contributed by atoms with Gasteiger partial charge in [-0.05, 0) is 13.0 Å². The molecule has 0 saturated carbocycles. The maximum Gasteiger partial charge on any atom is 0.116 e. The average molecular weight is 187 g/mol. The Balaban J connectivity index is 2.82. The van der Waals surface area contributed by atoms with Crippen LogP contribution in [-0.2, 0) is 23.1 Å². The van der Waals surface area contributed by atoms with Crippen LogP contribution >= 0.6 is 0 Å². The van der Waals surface area contributed by atoms with Crippen molar-refractivity contribution in [3.63, 3.8) is 0 Å². The molecule has 0 aliphatic rings. The van der Waals surface area contributed by atoms with Crippen LogP contribution in [-0.4, -0.2) is 10.5 Å². The molecule has 12 heavy (non-hydrogen) atoms. The first kappa shape index (κ1) is 9.48. The van der Waals surface area contributed by atoms with E-state index in [1.807, 2.05) is 13.0 Å². The Morgan fingerprint density at radius 1 is 1.67 bits per heavy atom. The van der Waals surface area contributed by atoms with Gasteiger partial charge in [0.25, 0.3) is 0 Å². The van der Waals surface area contributed by atoms with E-state index in [0.29, 0.717) is 12.3 Å². The first-order valence-electron chi connectivity index (χ1n) is 3.71. The smallest absolute Gasteiger partial charge is 0.116 e. The Kier molecular flexibility index (Phi) is 3.05. The summed E-state index contributed by atoms with van der Waals surface area (Å²) in [7, 11) is -0.848. The van der Waals surface area contributed by atoms with Crippen LogP contribution in [0.5, 0.6) is 0 Å².